The van der Waals surface area contributed by atoms with Crippen molar-refractivity contribution in [2.24, 2.45) is 0 Å². The van der Waals surface area contributed by atoms with Crippen LogP contribution in [0.25, 0.3) is 11.1 Å². The standard InChI is InChI=1S/C25H19BrCl2N2O3/c26-18-6-4-16(5-7-18)17-3-1-2-15(8-17)14-33-22-12-23-24(31)30(25(32)29(23)13-22)21-10-19(27)9-20(28)11-21/h1-11,22-23H,12-14H2/t22-,23-/m1/s1. The number of nitrogens with zero attached hydrogens (tertiary/aromatic N) is 2. The summed E-state index contributed by atoms with van der Waals surface area (Å²) in [6, 6.07) is 20.1. The van der Waals surface area contributed by atoms with E-state index < -0.39 is 6.04 Å². The Balaban J connectivity index is 1.24. The third kappa shape index (κ3) is 4.53. The molecule has 0 N–H and O–H groups in total. The smallest absolute Gasteiger partial charge is 0.332 e. The number of anilines is 1. The van der Waals surface area contributed by atoms with Crippen LogP contribution in [0, 0.1) is 0 Å². The first-order chi connectivity index (χ1) is 15.9. The molecule has 3 amide bonds. The van der Waals surface area contributed by atoms with Gasteiger partial charge in [0, 0.05) is 27.5 Å². The highest BCUT2D eigenvalue weighted by Gasteiger charge is 2.51. The van der Waals surface area contributed by atoms with E-state index in [4.69, 9.17) is 27.9 Å². The highest BCUT2D eigenvalue weighted by molar-refractivity contribution is 9.10. The summed E-state index contributed by atoms with van der Waals surface area (Å²) in [4.78, 5) is 28.7. The first-order valence-electron chi connectivity index (χ1n) is 10.5. The normalized spacial score (nSPS) is 20.0. The van der Waals surface area contributed by atoms with E-state index in [0.717, 1.165) is 26.1 Å². The minimum Gasteiger partial charge on any atom is -0.372 e. The molecule has 2 atom stereocenters. The van der Waals surface area contributed by atoms with Gasteiger partial charge in [-0.25, -0.2) is 9.69 Å². The molecule has 2 aliphatic rings. The molecule has 5 nitrogen and oxygen atoms in total. The molecule has 0 radical (unpaired) electrons. The molecule has 2 saturated heterocycles. The van der Waals surface area contributed by atoms with E-state index in [2.05, 4.69) is 40.2 Å². The van der Waals surface area contributed by atoms with E-state index in [0.29, 0.717) is 35.3 Å². The SMILES string of the molecule is O=C1[C@H]2C[C@@H](OCc3cccc(-c4ccc(Br)cc4)c3)CN2C(=O)N1c1cc(Cl)cc(Cl)c1. The minimum absolute atomic E-state index is 0.204. The molecule has 3 aromatic rings. The van der Waals surface area contributed by atoms with Gasteiger partial charge < -0.3 is 9.64 Å². The number of hydrogen-bond donors (Lipinski definition) is 0. The molecule has 33 heavy (non-hydrogen) atoms. The number of halogens is 3. The molecule has 0 spiro atoms. The second-order valence-electron chi connectivity index (χ2n) is 8.13. The quantitative estimate of drug-likeness (QED) is 0.341. The molecule has 0 unspecified atom stereocenters. The lowest BCUT2D eigenvalue weighted by atomic mass is 10.0. The predicted octanol–water partition coefficient (Wildman–Crippen LogP) is 6.55. The van der Waals surface area contributed by atoms with Crippen LogP contribution in [0.1, 0.15) is 12.0 Å². The van der Waals surface area contributed by atoms with E-state index in [-0.39, 0.29) is 18.0 Å². The van der Waals surface area contributed by atoms with Crippen LogP contribution in [0.5, 0.6) is 0 Å². The van der Waals surface area contributed by atoms with Gasteiger partial charge in [-0.15, -0.1) is 0 Å². The van der Waals surface area contributed by atoms with Crippen molar-refractivity contribution in [3.63, 3.8) is 0 Å². The van der Waals surface area contributed by atoms with Gasteiger partial charge in [0.2, 0.25) is 0 Å². The molecule has 3 aromatic carbocycles. The van der Waals surface area contributed by atoms with Crippen LogP contribution in [0.15, 0.2) is 71.2 Å². The number of hydrogen-bond acceptors (Lipinski definition) is 3. The summed E-state index contributed by atoms with van der Waals surface area (Å²) < 4.78 is 7.13. The Hall–Kier alpha value is -2.38. The van der Waals surface area contributed by atoms with Crippen molar-refractivity contribution in [2.75, 3.05) is 11.4 Å². The number of fused-ring (bicyclic) bond motifs is 1. The van der Waals surface area contributed by atoms with E-state index in [9.17, 15) is 9.59 Å². The molecule has 2 fully saturated rings. The van der Waals surface area contributed by atoms with Gasteiger partial charge >= 0.3 is 6.03 Å². The van der Waals surface area contributed by atoms with Crippen LogP contribution in [-0.2, 0) is 16.1 Å². The average molecular weight is 546 g/mol. The highest BCUT2D eigenvalue weighted by atomic mass is 79.9. The second-order valence-corrected chi connectivity index (χ2v) is 9.92. The Morgan fingerprint density at radius 2 is 1.67 bits per heavy atom. The Morgan fingerprint density at radius 3 is 2.36 bits per heavy atom. The summed E-state index contributed by atoms with van der Waals surface area (Å²) in [5.74, 6) is -0.276. The summed E-state index contributed by atoms with van der Waals surface area (Å²) in [6.45, 7) is 0.776. The van der Waals surface area contributed by atoms with Crippen molar-refractivity contribution in [1.82, 2.24) is 4.90 Å². The van der Waals surface area contributed by atoms with Gasteiger partial charge in [-0.1, -0.05) is 69.5 Å². The van der Waals surface area contributed by atoms with Crippen molar-refractivity contribution >= 4 is 56.8 Å². The highest BCUT2D eigenvalue weighted by Crippen LogP contribution is 2.35. The minimum atomic E-state index is -0.533. The van der Waals surface area contributed by atoms with Crippen LogP contribution < -0.4 is 4.90 Å². The fourth-order valence-electron chi connectivity index (χ4n) is 4.34. The lowest BCUT2D eigenvalue weighted by Crippen LogP contribution is -2.35. The Morgan fingerprint density at radius 1 is 0.939 bits per heavy atom. The maximum absolute atomic E-state index is 13.0. The summed E-state index contributed by atoms with van der Waals surface area (Å²) in [5, 5.41) is 0.744. The molecule has 0 bridgehead atoms. The van der Waals surface area contributed by atoms with Crippen molar-refractivity contribution in [2.45, 2.75) is 25.2 Å². The molecule has 2 aliphatic heterocycles. The fourth-order valence-corrected chi connectivity index (χ4v) is 5.12. The zero-order valence-corrected chi connectivity index (χ0v) is 20.5. The van der Waals surface area contributed by atoms with Gasteiger partial charge in [0.1, 0.15) is 6.04 Å². The monoisotopic (exact) mass is 544 g/mol. The van der Waals surface area contributed by atoms with Crippen molar-refractivity contribution in [3.8, 4) is 11.1 Å². The number of carbonyl (C=O) groups excluding carboxylic acids is 2. The van der Waals surface area contributed by atoms with Gasteiger partial charge in [0.15, 0.2) is 0 Å². The first-order valence-corrected chi connectivity index (χ1v) is 12.0. The molecule has 5 rings (SSSR count). The fraction of sp³-hybridized carbons (Fsp3) is 0.200. The van der Waals surface area contributed by atoms with E-state index in [1.165, 1.54) is 0 Å². The Kier molecular flexibility index (Phi) is 6.18. The van der Waals surface area contributed by atoms with Crippen LogP contribution in [0.2, 0.25) is 10.0 Å². The van der Waals surface area contributed by atoms with Gasteiger partial charge in [-0.05, 0) is 53.1 Å². The van der Waals surface area contributed by atoms with Crippen molar-refractivity contribution < 1.29 is 14.3 Å². The summed E-state index contributed by atoms with van der Waals surface area (Å²) >= 11 is 15.6. The topological polar surface area (TPSA) is 49.9 Å². The summed E-state index contributed by atoms with van der Waals surface area (Å²) in [6.07, 6.45) is 0.256. The third-order valence-corrected chi connectivity index (χ3v) is 6.87. The summed E-state index contributed by atoms with van der Waals surface area (Å²) in [7, 11) is 0. The number of ether oxygens (including phenoxy) is 1. The van der Waals surface area contributed by atoms with Crippen LogP contribution in [-0.4, -0.2) is 35.5 Å². The zero-order chi connectivity index (χ0) is 23.1. The number of benzene rings is 3. The predicted molar refractivity (Wildman–Crippen MR) is 133 cm³/mol. The van der Waals surface area contributed by atoms with Crippen LogP contribution in [0.4, 0.5) is 10.5 Å². The van der Waals surface area contributed by atoms with E-state index in [1.807, 2.05) is 24.3 Å². The first kappa shape index (κ1) is 22.4. The van der Waals surface area contributed by atoms with E-state index >= 15 is 0 Å². The number of rotatable bonds is 5. The summed E-state index contributed by atoms with van der Waals surface area (Å²) in [5.41, 5.74) is 3.66. The zero-order valence-electron chi connectivity index (χ0n) is 17.4. The van der Waals surface area contributed by atoms with E-state index in [1.54, 1.807) is 23.1 Å². The molecular weight excluding hydrogens is 527 g/mol. The Bertz CT molecular complexity index is 1190. The molecule has 8 heteroatoms. The second kappa shape index (κ2) is 9.11. The van der Waals surface area contributed by atoms with Gasteiger partial charge in [-0.2, -0.15) is 0 Å². The largest absolute Gasteiger partial charge is 0.372 e. The number of imide groups is 1. The maximum atomic E-state index is 13.0. The average Bonchev–Trinajstić information content (AvgIpc) is 3.31. The lowest BCUT2D eigenvalue weighted by Gasteiger charge is -2.19. The Labute approximate surface area is 210 Å². The third-order valence-electron chi connectivity index (χ3n) is 5.90. The number of amides is 3. The van der Waals surface area contributed by atoms with Gasteiger partial charge in [-0.3, -0.25) is 4.79 Å². The van der Waals surface area contributed by atoms with Gasteiger partial charge in [0.05, 0.1) is 18.4 Å². The van der Waals surface area contributed by atoms with Crippen molar-refractivity contribution in [1.29, 1.82) is 0 Å². The molecule has 0 aromatic heterocycles. The maximum Gasteiger partial charge on any atom is 0.332 e. The van der Waals surface area contributed by atoms with Crippen molar-refractivity contribution in [3.05, 3.63) is 86.8 Å². The van der Waals surface area contributed by atoms with Crippen LogP contribution >= 0.6 is 39.1 Å². The van der Waals surface area contributed by atoms with Gasteiger partial charge in [0.25, 0.3) is 5.91 Å². The number of carbonyl (C=O) groups is 2. The van der Waals surface area contributed by atoms with Crippen LogP contribution in [0.3, 0.4) is 0 Å². The lowest BCUT2D eigenvalue weighted by molar-refractivity contribution is -0.119. The molecule has 0 aliphatic carbocycles. The molecule has 0 saturated carbocycles. The molecule has 168 valence electrons. The molecular formula is C25H19BrCl2N2O3. The molecule has 2 heterocycles. The number of urea groups is 1.